The number of sulfonamides is 1. The molecule has 4 fully saturated rings. The molecule has 3 saturated heterocycles. The number of alkyl halides is 1. The first-order valence-electron chi connectivity index (χ1n) is 24.3. The summed E-state index contributed by atoms with van der Waals surface area (Å²) in [5.41, 5.74) is 3.74. The number of hydrogen-bond donors (Lipinski definition) is 4. The molecule has 3 aromatic heterocycles. The molecular weight excluding hydrogens is 882 g/mol. The number of nitrogens with zero attached hydrogens (tertiary/aromatic N) is 6. The molecule has 4 aliphatic rings. The van der Waals surface area contributed by atoms with Crippen LogP contribution in [0.1, 0.15) is 113 Å². The SMILES string of the molecule is CC(C)c1ccccc1[C@@H]1CCCN1C1CC2(CCN(c3ccc(C(=O)NS(=O)(=O)c4cc(O)c(NCC5(F)CCN(C(C)C)CC5)c5c4ncn5C)c(Oc4cnc5[nH]ccc5c4)c3)CC2)C1. The lowest BCUT2D eigenvalue weighted by atomic mass is 9.59. The minimum Gasteiger partial charge on any atom is -0.506 e. The minimum atomic E-state index is -4.64. The van der Waals surface area contributed by atoms with Crippen molar-refractivity contribution in [3.05, 3.63) is 96.1 Å². The summed E-state index contributed by atoms with van der Waals surface area (Å²) in [5.74, 6) is -0.290. The second-order valence-corrected chi connectivity index (χ2v) is 22.1. The monoisotopic (exact) mass is 945 g/mol. The molecule has 0 unspecified atom stereocenters. The number of fused-ring (bicyclic) bond motifs is 2. The van der Waals surface area contributed by atoms with Crippen LogP contribution >= 0.6 is 0 Å². The van der Waals surface area contributed by atoms with E-state index in [-0.39, 0.29) is 34.6 Å². The lowest BCUT2D eigenvalue weighted by Crippen LogP contribution is -2.54. The molecular formula is C52H64FN9O5S. The number of phenols is 1. The first kappa shape index (κ1) is 46.0. The van der Waals surface area contributed by atoms with Crippen molar-refractivity contribution in [2.45, 2.75) is 114 Å². The van der Waals surface area contributed by atoms with E-state index >= 15 is 4.39 Å². The molecule has 16 heteroatoms. The molecule has 0 bridgehead atoms. The Balaban J connectivity index is 0.861. The molecule has 6 aromatic rings. The maximum Gasteiger partial charge on any atom is 0.268 e. The number of carbonyl (C=O) groups is 1. The van der Waals surface area contributed by atoms with E-state index < -0.39 is 32.2 Å². The zero-order valence-corrected chi connectivity index (χ0v) is 40.6. The van der Waals surface area contributed by atoms with Gasteiger partial charge < -0.3 is 34.5 Å². The van der Waals surface area contributed by atoms with Gasteiger partial charge in [-0.25, -0.2) is 27.5 Å². The number of carbonyl (C=O) groups excluding carboxylic acids is 1. The molecule has 1 aliphatic carbocycles. The maximum atomic E-state index is 16.0. The smallest absolute Gasteiger partial charge is 0.268 e. The van der Waals surface area contributed by atoms with Gasteiger partial charge in [-0.1, -0.05) is 38.1 Å². The fraction of sp³-hybridized carbons (Fsp3) is 0.481. The first-order chi connectivity index (χ1) is 32.6. The molecule has 1 atom stereocenters. The Bertz CT molecular complexity index is 2950. The van der Waals surface area contributed by atoms with Gasteiger partial charge in [0.15, 0.2) is 0 Å². The highest BCUT2D eigenvalue weighted by Crippen LogP contribution is 2.54. The van der Waals surface area contributed by atoms with Gasteiger partial charge in [0.2, 0.25) is 0 Å². The molecule has 3 aliphatic heterocycles. The summed E-state index contributed by atoms with van der Waals surface area (Å²) < 4.78 is 54.7. The standard InChI is InChI=1S/C52H64FN9O5S/c1-33(2)39-9-6-7-10-40(39)42-11-8-20-62(42)37-28-51(29-37)15-21-61(22-16-51)36-12-13-41(44(26-36)67-38-25-35-14-19-54-49(35)55-30-38)50(64)58-68(65,66)45-27-43(63)46(48-47(45)57-32-59(48)5)56-31-52(53)17-23-60(24-18-52)34(3)4/h6-7,9-10,12-14,19,25-27,30,32-34,37,42,56,63H,8,11,15-18,20-24,28-29,31H2,1-5H3,(H,54,55)(H,58,64)/t42-/m0/s1. The number of piperidine rings is 2. The number of imidazole rings is 1. The van der Waals surface area contributed by atoms with Crippen molar-refractivity contribution in [1.82, 2.24) is 34.0 Å². The van der Waals surface area contributed by atoms with E-state index in [1.165, 1.54) is 43.1 Å². The average molecular weight is 946 g/mol. The van der Waals surface area contributed by atoms with E-state index in [1.807, 2.05) is 18.2 Å². The molecule has 10 rings (SSSR count). The van der Waals surface area contributed by atoms with Crippen molar-refractivity contribution in [3.63, 3.8) is 0 Å². The third kappa shape index (κ3) is 8.79. The van der Waals surface area contributed by atoms with Crippen molar-refractivity contribution >= 4 is 49.4 Å². The molecule has 4 N–H and O–H groups in total. The lowest BCUT2D eigenvalue weighted by molar-refractivity contribution is -0.0227. The van der Waals surface area contributed by atoms with Crippen molar-refractivity contribution < 1.29 is 27.4 Å². The fourth-order valence-corrected chi connectivity index (χ4v) is 12.7. The van der Waals surface area contributed by atoms with Crippen LogP contribution in [-0.4, -0.2) is 106 Å². The summed E-state index contributed by atoms with van der Waals surface area (Å²) in [6.45, 7) is 12.8. The second-order valence-electron chi connectivity index (χ2n) is 20.5. The number of phenolic OH excluding ortho intramolecular Hbond substituents is 1. The molecule has 14 nitrogen and oxygen atoms in total. The number of benzene rings is 3. The van der Waals surface area contributed by atoms with E-state index in [9.17, 15) is 18.3 Å². The van der Waals surface area contributed by atoms with E-state index in [1.54, 1.807) is 36.1 Å². The third-order valence-corrected chi connectivity index (χ3v) is 16.9. The third-order valence-electron chi connectivity index (χ3n) is 15.5. The minimum absolute atomic E-state index is 0.00227. The van der Waals surface area contributed by atoms with E-state index in [0.717, 1.165) is 49.6 Å². The number of pyridine rings is 1. The number of aromatic hydroxyl groups is 1. The molecule has 1 spiro atoms. The van der Waals surface area contributed by atoms with Crippen LogP contribution in [0.4, 0.5) is 15.8 Å². The Labute approximate surface area is 398 Å². The summed E-state index contributed by atoms with van der Waals surface area (Å²) in [4.78, 5) is 33.1. The molecule has 1 saturated carbocycles. The molecule has 360 valence electrons. The fourth-order valence-electron chi connectivity index (χ4n) is 11.6. The number of H-pyrrole nitrogens is 1. The number of aromatic nitrogens is 4. The summed E-state index contributed by atoms with van der Waals surface area (Å²) in [5, 5.41) is 15.2. The summed E-state index contributed by atoms with van der Waals surface area (Å²) in [6, 6.07) is 20.4. The van der Waals surface area contributed by atoms with Crippen LogP contribution in [0.15, 0.2) is 84.3 Å². The first-order valence-corrected chi connectivity index (χ1v) is 25.8. The Hall–Kier alpha value is -5.71. The van der Waals surface area contributed by atoms with Gasteiger partial charge in [-0.05, 0) is 118 Å². The molecule has 6 heterocycles. The van der Waals surface area contributed by atoms with Crippen LogP contribution in [0.2, 0.25) is 0 Å². The van der Waals surface area contributed by atoms with E-state index in [2.05, 4.69) is 91.7 Å². The highest BCUT2D eigenvalue weighted by Gasteiger charge is 2.50. The predicted octanol–water partition coefficient (Wildman–Crippen LogP) is 9.40. The summed E-state index contributed by atoms with van der Waals surface area (Å²) >= 11 is 0. The summed E-state index contributed by atoms with van der Waals surface area (Å²) in [7, 11) is -2.98. The van der Waals surface area contributed by atoms with Gasteiger partial charge in [0.1, 0.15) is 44.7 Å². The average Bonchev–Trinajstić information content (AvgIpc) is 4.08. The number of likely N-dealkylation sites (tertiary alicyclic amines) is 2. The number of aryl methyl sites for hydroxylation is 1. The number of aromatic amines is 1. The van der Waals surface area contributed by atoms with Gasteiger partial charge in [-0.3, -0.25) is 9.69 Å². The number of amides is 1. The largest absolute Gasteiger partial charge is 0.506 e. The number of halogens is 1. The van der Waals surface area contributed by atoms with E-state index in [0.29, 0.717) is 66.8 Å². The van der Waals surface area contributed by atoms with Crippen LogP contribution in [-0.2, 0) is 17.1 Å². The highest BCUT2D eigenvalue weighted by molar-refractivity contribution is 7.90. The van der Waals surface area contributed by atoms with E-state index in [4.69, 9.17) is 4.74 Å². The highest BCUT2D eigenvalue weighted by atomic mass is 32.2. The Kier molecular flexibility index (Phi) is 12.2. The quantitative estimate of drug-likeness (QED) is 0.0817. The van der Waals surface area contributed by atoms with Crippen LogP contribution in [0.5, 0.6) is 17.2 Å². The molecule has 3 aromatic carbocycles. The summed E-state index contributed by atoms with van der Waals surface area (Å²) in [6.07, 6.45) is 12.4. The van der Waals surface area contributed by atoms with Crippen molar-refractivity contribution in [2.75, 3.05) is 49.5 Å². The van der Waals surface area contributed by atoms with Crippen LogP contribution in [0.25, 0.3) is 22.1 Å². The van der Waals surface area contributed by atoms with Crippen molar-refractivity contribution in [3.8, 4) is 17.2 Å². The van der Waals surface area contributed by atoms with Gasteiger partial charge in [-0.15, -0.1) is 0 Å². The van der Waals surface area contributed by atoms with Gasteiger partial charge >= 0.3 is 0 Å². The zero-order valence-electron chi connectivity index (χ0n) is 39.8. The molecule has 68 heavy (non-hydrogen) atoms. The van der Waals surface area contributed by atoms with Crippen LogP contribution in [0, 0.1) is 5.41 Å². The van der Waals surface area contributed by atoms with Crippen molar-refractivity contribution in [2.24, 2.45) is 12.5 Å². The molecule has 1 amide bonds. The lowest BCUT2D eigenvalue weighted by Gasteiger charge is -2.56. The Morgan fingerprint density at radius 2 is 1.74 bits per heavy atom. The number of hydrogen-bond acceptors (Lipinski definition) is 11. The Morgan fingerprint density at radius 1 is 0.971 bits per heavy atom. The van der Waals surface area contributed by atoms with Crippen molar-refractivity contribution in [1.29, 1.82) is 0 Å². The Morgan fingerprint density at radius 3 is 2.49 bits per heavy atom. The van der Waals surface area contributed by atoms with Gasteiger partial charge in [0, 0.05) is 87.3 Å². The van der Waals surface area contributed by atoms with Crippen LogP contribution in [0.3, 0.4) is 0 Å². The zero-order chi connectivity index (χ0) is 47.5. The second kappa shape index (κ2) is 18.0. The number of nitrogens with one attached hydrogen (secondary N) is 3. The van der Waals surface area contributed by atoms with Gasteiger partial charge in [0.05, 0.1) is 23.6 Å². The number of ether oxygens (including phenoxy) is 1. The normalized spacial score (nSPS) is 20.2. The maximum absolute atomic E-state index is 16.0. The van der Waals surface area contributed by atoms with Gasteiger partial charge in [-0.2, -0.15) is 0 Å². The number of anilines is 2. The topological polar surface area (TPSA) is 161 Å². The number of rotatable bonds is 13. The predicted molar refractivity (Wildman–Crippen MR) is 264 cm³/mol. The molecule has 0 radical (unpaired) electrons. The van der Waals surface area contributed by atoms with Gasteiger partial charge in [0.25, 0.3) is 15.9 Å². The van der Waals surface area contributed by atoms with Crippen LogP contribution < -0.4 is 19.7 Å².